The first-order chi connectivity index (χ1) is 6.58. The van der Waals surface area contributed by atoms with Crippen LogP contribution in [0.2, 0.25) is 0 Å². The van der Waals surface area contributed by atoms with Gasteiger partial charge in [0.05, 0.1) is 4.90 Å². The molecule has 0 saturated heterocycles. The Bertz CT molecular complexity index is 403. The van der Waals surface area contributed by atoms with Crippen LogP contribution in [-0.4, -0.2) is 15.0 Å². The number of benzene rings is 1. The minimum atomic E-state index is -3.35. The van der Waals surface area contributed by atoms with Gasteiger partial charge in [0.25, 0.3) is 0 Å². The van der Waals surface area contributed by atoms with Gasteiger partial charge in [0.2, 0.25) is 10.0 Å². The molecule has 0 atom stereocenters. The van der Waals surface area contributed by atoms with Gasteiger partial charge in [-0.05, 0) is 34.5 Å². The molecule has 0 amide bonds. The third kappa shape index (κ3) is 2.80. The number of sulfonamides is 1. The Morgan fingerprint density at radius 3 is 2.57 bits per heavy atom. The molecule has 0 heterocycles. The summed E-state index contributed by atoms with van der Waals surface area (Å²) in [6, 6.07) is 6.76. The summed E-state index contributed by atoms with van der Waals surface area (Å²) >= 11 is 3.20. The molecule has 0 spiro atoms. The normalized spacial score (nSPS) is 11.6. The molecular formula is C9H12BrNO2S. The molecule has 0 aromatic heterocycles. The second kappa shape index (κ2) is 4.91. The Labute approximate surface area is 92.7 Å². The molecule has 0 aliphatic rings. The quantitative estimate of drug-likeness (QED) is 0.917. The molecule has 0 aliphatic heterocycles. The van der Waals surface area contributed by atoms with E-state index in [1.807, 2.05) is 6.92 Å². The van der Waals surface area contributed by atoms with E-state index in [2.05, 4.69) is 20.7 Å². The number of hydrogen-bond donors (Lipinski definition) is 1. The van der Waals surface area contributed by atoms with Gasteiger partial charge in [-0.25, -0.2) is 13.1 Å². The highest BCUT2D eigenvalue weighted by atomic mass is 79.9. The summed E-state index contributed by atoms with van der Waals surface area (Å²) in [4.78, 5) is 0.286. The van der Waals surface area contributed by atoms with Crippen molar-refractivity contribution in [3.63, 3.8) is 0 Å². The van der Waals surface area contributed by atoms with Crippen molar-refractivity contribution in [3.8, 4) is 0 Å². The average molecular weight is 278 g/mol. The smallest absolute Gasteiger partial charge is 0.211 e. The molecule has 0 bridgehead atoms. The molecule has 1 aromatic rings. The Hall–Kier alpha value is -0.390. The zero-order valence-corrected chi connectivity index (χ0v) is 10.2. The minimum absolute atomic E-state index is 0.286. The van der Waals surface area contributed by atoms with Gasteiger partial charge in [-0.1, -0.05) is 19.1 Å². The summed E-state index contributed by atoms with van der Waals surface area (Å²) in [5.74, 6) is 0. The standard InChI is InChI=1S/C9H12BrNO2S/c1-2-7-11-14(12,13)9-6-4-3-5-8(9)10/h3-6,11H,2,7H2,1H3. The van der Waals surface area contributed by atoms with Crippen LogP contribution in [0.3, 0.4) is 0 Å². The van der Waals surface area contributed by atoms with E-state index in [1.54, 1.807) is 24.3 Å². The summed E-state index contributed by atoms with van der Waals surface area (Å²) in [5, 5.41) is 0. The monoisotopic (exact) mass is 277 g/mol. The Kier molecular flexibility index (Phi) is 4.10. The van der Waals surface area contributed by atoms with Crippen molar-refractivity contribution in [2.75, 3.05) is 6.54 Å². The van der Waals surface area contributed by atoms with Crippen molar-refractivity contribution in [1.82, 2.24) is 4.72 Å². The van der Waals surface area contributed by atoms with Crippen LogP contribution in [-0.2, 0) is 10.0 Å². The lowest BCUT2D eigenvalue weighted by Crippen LogP contribution is -2.24. The van der Waals surface area contributed by atoms with Gasteiger partial charge < -0.3 is 0 Å². The molecular weight excluding hydrogens is 266 g/mol. The molecule has 0 radical (unpaired) electrons. The van der Waals surface area contributed by atoms with Crippen LogP contribution in [0.4, 0.5) is 0 Å². The van der Waals surface area contributed by atoms with Crippen LogP contribution in [0.1, 0.15) is 13.3 Å². The predicted molar refractivity (Wildman–Crippen MR) is 59.6 cm³/mol. The van der Waals surface area contributed by atoms with Gasteiger partial charge in [0.15, 0.2) is 0 Å². The van der Waals surface area contributed by atoms with Crippen LogP contribution in [0.15, 0.2) is 33.6 Å². The Morgan fingerprint density at radius 2 is 2.00 bits per heavy atom. The molecule has 3 nitrogen and oxygen atoms in total. The van der Waals surface area contributed by atoms with Crippen LogP contribution >= 0.6 is 15.9 Å². The van der Waals surface area contributed by atoms with Gasteiger partial charge in [0.1, 0.15) is 0 Å². The van der Waals surface area contributed by atoms with Crippen molar-refractivity contribution in [3.05, 3.63) is 28.7 Å². The van der Waals surface area contributed by atoms with Gasteiger partial charge >= 0.3 is 0 Å². The predicted octanol–water partition coefficient (Wildman–Crippen LogP) is 2.14. The molecule has 1 N–H and O–H groups in total. The van der Waals surface area contributed by atoms with Crippen molar-refractivity contribution in [2.24, 2.45) is 0 Å². The second-order valence-electron chi connectivity index (χ2n) is 2.83. The van der Waals surface area contributed by atoms with Crippen LogP contribution in [0, 0.1) is 0 Å². The van der Waals surface area contributed by atoms with Crippen LogP contribution in [0.25, 0.3) is 0 Å². The van der Waals surface area contributed by atoms with E-state index < -0.39 is 10.0 Å². The highest BCUT2D eigenvalue weighted by Gasteiger charge is 2.15. The van der Waals surface area contributed by atoms with E-state index in [4.69, 9.17) is 0 Å². The summed E-state index contributed by atoms with van der Waals surface area (Å²) in [7, 11) is -3.35. The average Bonchev–Trinajstić information content (AvgIpc) is 2.15. The molecule has 0 fully saturated rings. The lowest BCUT2D eigenvalue weighted by atomic mass is 10.4. The topological polar surface area (TPSA) is 46.2 Å². The molecule has 5 heteroatoms. The first-order valence-electron chi connectivity index (χ1n) is 4.32. The lowest BCUT2D eigenvalue weighted by molar-refractivity contribution is 0.580. The molecule has 1 aromatic carbocycles. The highest BCUT2D eigenvalue weighted by molar-refractivity contribution is 9.10. The SMILES string of the molecule is CCCNS(=O)(=O)c1ccccc1Br. The first-order valence-corrected chi connectivity index (χ1v) is 6.59. The van der Waals surface area contributed by atoms with Crippen molar-refractivity contribution >= 4 is 26.0 Å². The van der Waals surface area contributed by atoms with Crippen molar-refractivity contribution < 1.29 is 8.42 Å². The zero-order chi connectivity index (χ0) is 10.6. The lowest BCUT2D eigenvalue weighted by Gasteiger charge is -2.06. The molecule has 0 unspecified atom stereocenters. The Morgan fingerprint density at radius 1 is 1.36 bits per heavy atom. The highest BCUT2D eigenvalue weighted by Crippen LogP contribution is 2.20. The van der Waals surface area contributed by atoms with Gasteiger partial charge in [0, 0.05) is 11.0 Å². The Balaban J connectivity index is 2.99. The summed E-state index contributed by atoms with van der Waals surface area (Å²) in [6.45, 7) is 2.38. The van der Waals surface area contributed by atoms with Crippen molar-refractivity contribution in [2.45, 2.75) is 18.2 Å². The van der Waals surface area contributed by atoms with Crippen LogP contribution < -0.4 is 4.72 Å². The molecule has 1 rings (SSSR count). The summed E-state index contributed by atoms with van der Waals surface area (Å²) in [5.41, 5.74) is 0. The number of rotatable bonds is 4. The molecule has 14 heavy (non-hydrogen) atoms. The van der Waals surface area contributed by atoms with E-state index >= 15 is 0 Å². The van der Waals surface area contributed by atoms with Gasteiger partial charge in [-0.2, -0.15) is 0 Å². The minimum Gasteiger partial charge on any atom is -0.211 e. The van der Waals surface area contributed by atoms with E-state index in [-0.39, 0.29) is 4.90 Å². The third-order valence-electron chi connectivity index (χ3n) is 1.67. The third-order valence-corrected chi connectivity index (χ3v) is 4.14. The fourth-order valence-electron chi connectivity index (χ4n) is 0.977. The van der Waals surface area contributed by atoms with Gasteiger partial charge in [-0.3, -0.25) is 0 Å². The largest absolute Gasteiger partial charge is 0.241 e. The fourth-order valence-corrected chi connectivity index (χ4v) is 3.11. The number of hydrogen-bond acceptors (Lipinski definition) is 2. The number of halogens is 1. The molecule has 0 saturated carbocycles. The summed E-state index contributed by atoms with van der Waals surface area (Å²) < 4.78 is 26.4. The van der Waals surface area contributed by atoms with Crippen molar-refractivity contribution in [1.29, 1.82) is 0 Å². The van der Waals surface area contributed by atoms with Gasteiger partial charge in [-0.15, -0.1) is 0 Å². The molecule has 0 aliphatic carbocycles. The summed E-state index contributed by atoms with van der Waals surface area (Å²) in [6.07, 6.45) is 0.781. The first kappa shape index (κ1) is 11.7. The second-order valence-corrected chi connectivity index (χ2v) is 5.42. The van der Waals surface area contributed by atoms with E-state index in [9.17, 15) is 8.42 Å². The van der Waals surface area contributed by atoms with E-state index in [1.165, 1.54) is 0 Å². The van der Waals surface area contributed by atoms with E-state index in [0.717, 1.165) is 6.42 Å². The molecule has 78 valence electrons. The van der Waals surface area contributed by atoms with Crippen LogP contribution in [0.5, 0.6) is 0 Å². The van der Waals surface area contributed by atoms with E-state index in [0.29, 0.717) is 11.0 Å². The zero-order valence-electron chi connectivity index (χ0n) is 7.83. The maximum absolute atomic E-state index is 11.7. The maximum Gasteiger partial charge on any atom is 0.241 e. The number of nitrogens with one attached hydrogen (secondary N) is 1. The fraction of sp³-hybridized carbons (Fsp3) is 0.333. The maximum atomic E-state index is 11.7.